The van der Waals surface area contributed by atoms with Crippen LogP contribution >= 0.6 is 15.9 Å². The highest BCUT2D eigenvalue weighted by Crippen LogP contribution is 2.23. The van der Waals surface area contributed by atoms with Crippen molar-refractivity contribution in [2.24, 2.45) is 0 Å². The van der Waals surface area contributed by atoms with Crippen LogP contribution in [0.4, 0.5) is 0 Å². The summed E-state index contributed by atoms with van der Waals surface area (Å²) in [5.74, 6) is -0.280. The van der Waals surface area contributed by atoms with Crippen molar-refractivity contribution in [1.29, 1.82) is 0 Å². The lowest BCUT2D eigenvalue weighted by atomic mass is 10.1. The molecule has 0 aliphatic heterocycles. The molecule has 1 N–H and O–H groups in total. The van der Waals surface area contributed by atoms with Gasteiger partial charge < -0.3 is 14.8 Å². The highest BCUT2D eigenvalue weighted by Gasteiger charge is 2.24. The third-order valence-corrected chi connectivity index (χ3v) is 4.79. The zero-order valence-corrected chi connectivity index (χ0v) is 18.5. The number of halogens is 1. The normalized spacial score (nSPS) is 11.4. The molecule has 27 heavy (non-hydrogen) atoms. The molecule has 0 radical (unpaired) electrons. The number of rotatable bonds is 5. The number of carbonyl (C=O) groups excluding carboxylic acids is 2. The first-order valence-electron chi connectivity index (χ1n) is 9.08. The minimum absolute atomic E-state index is 0.0502. The summed E-state index contributed by atoms with van der Waals surface area (Å²) in [5, 5.41) is 2.91. The first-order valence-corrected chi connectivity index (χ1v) is 9.88. The van der Waals surface area contributed by atoms with E-state index in [0.29, 0.717) is 12.1 Å². The van der Waals surface area contributed by atoms with Gasteiger partial charge in [0.25, 0.3) is 5.91 Å². The number of nitrogens with zero attached hydrogens (tertiary/aromatic N) is 2. The Morgan fingerprint density at radius 1 is 1.15 bits per heavy atom. The number of aryl methyl sites for hydroxylation is 1. The summed E-state index contributed by atoms with van der Waals surface area (Å²) in [6.07, 6.45) is 0. The summed E-state index contributed by atoms with van der Waals surface area (Å²) in [6, 6.07) is 9.86. The van der Waals surface area contributed by atoms with E-state index < -0.39 is 0 Å². The van der Waals surface area contributed by atoms with Crippen LogP contribution in [0.15, 0.2) is 34.8 Å². The molecule has 0 spiro atoms. The highest BCUT2D eigenvalue weighted by atomic mass is 79.9. The van der Waals surface area contributed by atoms with E-state index in [0.717, 1.165) is 21.5 Å². The first kappa shape index (κ1) is 21.2. The van der Waals surface area contributed by atoms with Crippen LogP contribution in [-0.2, 0) is 4.79 Å². The molecule has 0 unspecified atom stereocenters. The van der Waals surface area contributed by atoms with Crippen LogP contribution < -0.4 is 5.32 Å². The Hall–Kier alpha value is -2.08. The fourth-order valence-electron chi connectivity index (χ4n) is 3.10. The number of carbonyl (C=O) groups is 2. The van der Waals surface area contributed by atoms with Crippen LogP contribution in [0.1, 0.15) is 49.4 Å². The van der Waals surface area contributed by atoms with Crippen molar-refractivity contribution in [2.45, 2.75) is 47.1 Å². The van der Waals surface area contributed by atoms with Gasteiger partial charge in [0.2, 0.25) is 5.91 Å². The summed E-state index contributed by atoms with van der Waals surface area (Å²) in [5.41, 5.74) is 3.15. The maximum Gasteiger partial charge on any atom is 0.256 e. The van der Waals surface area contributed by atoms with E-state index in [1.807, 2.05) is 71.9 Å². The Bertz CT molecular complexity index is 832. The number of hydrogen-bond donors (Lipinski definition) is 1. The van der Waals surface area contributed by atoms with Crippen LogP contribution in [0.2, 0.25) is 0 Å². The van der Waals surface area contributed by atoms with E-state index >= 15 is 0 Å². The molecule has 5 nitrogen and oxygen atoms in total. The van der Waals surface area contributed by atoms with E-state index in [4.69, 9.17) is 0 Å². The first-order chi connectivity index (χ1) is 12.5. The maximum absolute atomic E-state index is 13.1. The zero-order valence-electron chi connectivity index (χ0n) is 16.9. The van der Waals surface area contributed by atoms with Crippen molar-refractivity contribution in [1.82, 2.24) is 14.8 Å². The molecule has 1 aromatic carbocycles. The Labute approximate surface area is 169 Å². The van der Waals surface area contributed by atoms with Crippen LogP contribution in [0, 0.1) is 13.8 Å². The van der Waals surface area contributed by atoms with E-state index in [1.54, 1.807) is 4.90 Å². The van der Waals surface area contributed by atoms with Gasteiger partial charge in [-0.15, -0.1) is 0 Å². The monoisotopic (exact) mass is 433 g/mol. The molecule has 0 saturated carbocycles. The molecular weight excluding hydrogens is 406 g/mol. The molecule has 1 aromatic heterocycles. The van der Waals surface area contributed by atoms with Gasteiger partial charge in [0, 0.05) is 33.6 Å². The topological polar surface area (TPSA) is 54.3 Å². The molecule has 0 bridgehead atoms. The number of aromatic nitrogens is 1. The summed E-state index contributed by atoms with van der Waals surface area (Å²) in [7, 11) is 0. The number of likely N-dealkylation sites (N-methyl/N-ethyl adjacent to an activating group) is 1. The predicted octanol–water partition coefficient (Wildman–Crippen LogP) is 4.23. The third-order valence-electron chi connectivity index (χ3n) is 4.26. The molecule has 0 aliphatic carbocycles. The fraction of sp³-hybridized carbons (Fsp3) is 0.429. The van der Waals surface area contributed by atoms with E-state index in [-0.39, 0.29) is 23.9 Å². The molecule has 146 valence electrons. The Morgan fingerprint density at radius 3 is 2.26 bits per heavy atom. The Balaban J connectivity index is 2.28. The quantitative estimate of drug-likeness (QED) is 0.766. The smallest absolute Gasteiger partial charge is 0.256 e. The molecule has 2 rings (SSSR count). The SMILES string of the molecule is CCN(CC(=O)NC(C)(C)C)C(=O)c1cc(C)n(-c2ccc(Br)cc2)c1C. The second kappa shape index (κ2) is 8.30. The average Bonchev–Trinajstić information content (AvgIpc) is 2.86. The summed E-state index contributed by atoms with van der Waals surface area (Å²) >= 11 is 3.45. The van der Waals surface area contributed by atoms with E-state index in [1.165, 1.54) is 0 Å². The van der Waals surface area contributed by atoms with Crippen LogP contribution in [0.25, 0.3) is 5.69 Å². The summed E-state index contributed by atoms with van der Waals surface area (Å²) in [6.45, 7) is 12.1. The molecule has 1 heterocycles. The van der Waals surface area contributed by atoms with Gasteiger partial charge in [0.1, 0.15) is 0 Å². The van der Waals surface area contributed by atoms with Crippen molar-refractivity contribution < 1.29 is 9.59 Å². The molecule has 0 fully saturated rings. The fourth-order valence-corrected chi connectivity index (χ4v) is 3.36. The maximum atomic E-state index is 13.1. The molecule has 0 atom stereocenters. The second-order valence-corrected chi connectivity index (χ2v) is 8.63. The van der Waals surface area contributed by atoms with Crippen LogP contribution in [0.5, 0.6) is 0 Å². The second-order valence-electron chi connectivity index (χ2n) is 7.71. The molecular formula is C21H28BrN3O2. The highest BCUT2D eigenvalue weighted by molar-refractivity contribution is 9.10. The lowest BCUT2D eigenvalue weighted by Gasteiger charge is -2.25. The van der Waals surface area contributed by atoms with Gasteiger partial charge in [-0.05, 0) is 71.9 Å². The predicted molar refractivity (Wildman–Crippen MR) is 112 cm³/mol. The lowest BCUT2D eigenvalue weighted by Crippen LogP contribution is -2.47. The van der Waals surface area contributed by atoms with Crippen molar-refractivity contribution in [3.05, 3.63) is 51.8 Å². The molecule has 6 heteroatoms. The van der Waals surface area contributed by atoms with Gasteiger partial charge in [0.15, 0.2) is 0 Å². The van der Waals surface area contributed by atoms with Gasteiger partial charge in [-0.2, -0.15) is 0 Å². The minimum atomic E-state index is -0.322. The minimum Gasteiger partial charge on any atom is -0.350 e. The van der Waals surface area contributed by atoms with Crippen molar-refractivity contribution in [3.63, 3.8) is 0 Å². The molecule has 2 amide bonds. The van der Waals surface area contributed by atoms with Crippen molar-refractivity contribution in [2.75, 3.05) is 13.1 Å². The molecule has 0 aliphatic rings. The van der Waals surface area contributed by atoms with Gasteiger partial charge in [-0.25, -0.2) is 0 Å². The number of hydrogen-bond acceptors (Lipinski definition) is 2. The molecule has 2 aromatic rings. The molecule has 0 saturated heterocycles. The van der Waals surface area contributed by atoms with E-state index in [2.05, 4.69) is 25.8 Å². The zero-order chi connectivity index (χ0) is 20.4. The Kier molecular flexibility index (Phi) is 6.52. The van der Waals surface area contributed by atoms with Gasteiger partial charge in [-0.1, -0.05) is 15.9 Å². The summed E-state index contributed by atoms with van der Waals surface area (Å²) in [4.78, 5) is 26.9. The van der Waals surface area contributed by atoms with Crippen LogP contribution in [-0.4, -0.2) is 39.9 Å². The van der Waals surface area contributed by atoms with Crippen molar-refractivity contribution >= 4 is 27.7 Å². The van der Waals surface area contributed by atoms with Gasteiger partial charge in [-0.3, -0.25) is 9.59 Å². The number of benzene rings is 1. The van der Waals surface area contributed by atoms with Crippen molar-refractivity contribution in [3.8, 4) is 5.69 Å². The lowest BCUT2D eigenvalue weighted by molar-refractivity contribution is -0.123. The van der Waals surface area contributed by atoms with Gasteiger partial charge in [0.05, 0.1) is 12.1 Å². The average molecular weight is 434 g/mol. The van der Waals surface area contributed by atoms with E-state index in [9.17, 15) is 9.59 Å². The third kappa shape index (κ3) is 5.22. The number of nitrogens with one attached hydrogen (secondary N) is 1. The van der Waals surface area contributed by atoms with Crippen LogP contribution in [0.3, 0.4) is 0 Å². The Morgan fingerprint density at radius 2 is 1.74 bits per heavy atom. The number of amides is 2. The van der Waals surface area contributed by atoms with Gasteiger partial charge >= 0.3 is 0 Å². The summed E-state index contributed by atoms with van der Waals surface area (Å²) < 4.78 is 3.06. The largest absolute Gasteiger partial charge is 0.350 e. The standard InChI is InChI=1S/C21H28BrN3O2/c1-7-24(13-19(26)23-21(4,5)6)20(27)18-12-14(2)25(15(18)3)17-10-8-16(22)9-11-17/h8-12H,7,13H2,1-6H3,(H,23,26).